The average molecular weight is 622 g/mol. The molecule has 0 bridgehead atoms. The molecule has 41 heavy (non-hydrogen) atoms. The average Bonchev–Trinajstić information content (AvgIpc) is 3.46. The lowest BCUT2D eigenvalue weighted by Crippen LogP contribution is -2.17. The third kappa shape index (κ3) is 9.41. The Labute approximate surface area is 239 Å². The Morgan fingerprint density at radius 1 is 1.05 bits per heavy atom. The van der Waals surface area contributed by atoms with Gasteiger partial charge < -0.3 is 14.5 Å². The zero-order valence-corrected chi connectivity index (χ0v) is 25.4. The SMILES string of the molecule is CC(C)(C)O.CN(C)Sn1cnc(-c2c(-c3nc(C(F)(F)F)nn3CP(O)OC(C)(C)C)nc3ncc(F)cn23)c1. The molecule has 4 aromatic heterocycles. The molecular weight excluding hydrogens is 589 g/mol. The second kappa shape index (κ2) is 12.3. The molecule has 4 aromatic rings. The van der Waals surface area contributed by atoms with Gasteiger partial charge in [-0.2, -0.15) is 13.2 Å². The largest absolute Gasteiger partial charge is 0.453 e. The Hall–Kier alpha value is -2.69. The third-order valence-corrected chi connectivity index (χ3v) is 6.26. The van der Waals surface area contributed by atoms with Crippen molar-refractivity contribution in [3.05, 3.63) is 36.6 Å². The first-order valence-corrected chi connectivity index (χ1v) is 14.2. The van der Waals surface area contributed by atoms with Gasteiger partial charge in [0.05, 0.1) is 23.6 Å². The summed E-state index contributed by atoms with van der Waals surface area (Å²) < 4.78 is 65.9. The number of hydrogen-bond donors (Lipinski definition) is 2. The fourth-order valence-corrected chi connectivity index (χ4v) is 4.90. The number of aliphatic hydroxyl groups is 1. The lowest BCUT2D eigenvalue weighted by Gasteiger charge is -2.23. The fraction of sp³-hybridized carbons (Fsp3) is 0.522. The highest BCUT2D eigenvalue weighted by molar-refractivity contribution is 7.95. The molecule has 12 nitrogen and oxygen atoms in total. The highest BCUT2D eigenvalue weighted by Gasteiger charge is 2.39. The predicted octanol–water partition coefficient (Wildman–Crippen LogP) is 4.84. The van der Waals surface area contributed by atoms with Crippen molar-refractivity contribution < 1.29 is 32.1 Å². The topological polar surface area (TPSA) is 132 Å². The zero-order chi connectivity index (χ0) is 30.9. The molecule has 0 amide bonds. The van der Waals surface area contributed by atoms with E-state index in [0.29, 0.717) is 0 Å². The monoisotopic (exact) mass is 621 g/mol. The minimum atomic E-state index is -4.86. The van der Waals surface area contributed by atoms with Crippen molar-refractivity contribution in [2.24, 2.45) is 0 Å². The number of nitrogens with zero attached hydrogens (tertiary/aromatic N) is 9. The first-order valence-electron chi connectivity index (χ1n) is 12.1. The van der Waals surface area contributed by atoms with Crippen molar-refractivity contribution in [3.8, 4) is 22.9 Å². The zero-order valence-electron chi connectivity index (χ0n) is 23.7. The Morgan fingerprint density at radius 3 is 2.24 bits per heavy atom. The molecule has 4 heterocycles. The van der Waals surface area contributed by atoms with Crippen molar-refractivity contribution in [1.82, 2.24) is 42.4 Å². The van der Waals surface area contributed by atoms with E-state index in [4.69, 9.17) is 9.63 Å². The van der Waals surface area contributed by atoms with Gasteiger partial charge in [0.25, 0.3) is 5.82 Å². The molecule has 2 N–H and O–H groups in total. The summed E-state index contributed by atoms with van der Waals surface area (Å²) >= 11 is 1.29. The molecule has 4 rings (SSSR count). The standard InChI is InChI=1S/C19H22F4N9O2PS.C4H10O/c1-18(2,3)34-35(33)10-32-15(27-16(28-32)19(21,22)23)13-14(12-8-30(9-25-12)36-29(4)5)31-7-11(20)6-24-17(31)26-13;1-4(2,3)5/h6-9,33H,10H2,1-5H3;5H,1-3H3. The summed E-state index contributed by atoms with van der Waals surface area (Å²) in [4.78, 5) is 26.7. The molecule has 226 valence electrons. The van der Waals surface area contributed by atoms with Crippen molar-refractivity contribution in [2.75, 3.05) is 14.1 Å². The summed E-state index contributed by atoms with van der Waals surface area (Å²) in [5.41, 5.74) is -0.896. The van der Waals surface area contributed by atoms with Gasteiger partial charge in [0.2, 0.25) is 5.78 Å². The van der Waals surface area contributed by atoms with Gasteiger partial charge in [-0.15, -0.1) is 5.10 Å². The second-order valence-electron chi connectivity index (χ2n) is 10.9. The molecule has 0 saturated heterocycles. The Kier molecular flexibility index (Phi) is 9.82. The molecular formula is C23H32F4N9O3PS. The van der Waals surface area contributed by atoms with Crippen LogP contribution in [0.25, 0.3) is 28.7 Å². The number of halogens is 4. The third-order valence-electron chi connectivity index (χ3n) is 4.28. The van der Waals surface area contributed by atoms with Gasteiger partial charge in [-0.3, -0.25) is 8.37 Å². The van der Waals surface area contributed by atoms with Crippen LogP contribution in [0.15, 0.2) is 24.9 Å². The minimum absolute atomic E-state index is 0.0107. The Morgan fingerprint density at radius 2 is 1.68 bits per heavy atom. The van der Waals surface area contributed by atoms with Gasteiger partial charge >= 0.3 is 6.18 Å². The van der Waals surface area contributed by atoms with E-state index in [9.17, 15) is 22.5 Å². The normalized spacial score (nSPS) is 13.5. The molecule has 0 aromatic carbocycles. The first-order chi connectivity index (χ1) is 18.7. The summed E-state index contributed by atoms with van der Waals surface area (Å²) in [7, 11) is 1.42. The summed E-state index contributed by atoms with van der Waals surface area (Å²) in [6, 6.07) is 0. The molecule has 0 saturated carbocycles. The van der Waals surface area contributed by atoms with Gasteiger partial charge in [-0.05, 0) is 55.6 Å². The van der Waals surface area contributed by atoms with Gasteiger partial charge in [-0.25, -0.2) is 33.3 Å². The molecule has 0 spiro atoms. The maximum absolute atomic E-state index is 14.1. The highest BCUT2D eigenvalue weighted by atomic mass is 32.2. The van der Waals surface area contributed by atoms with Crippen LogP contribution in [0.1, 0.15) is 47.4 Å². The van der Waals surface area contributed by atoms with Crippen LogP contribution in [-0.2, 0) is 17.0 Å². The van der Waals surface area contributed by atoms with E-state index in [1.54, 1.807) is 56.0 Å². The van der Waals surface area contributed by atoms with E-state index in [-0.39, 0.29) is 28.7 Å². The quantitative estimate of drug-likeness (QED) is 0.168. The first kappa shape index (κ1) is 32.8. The van der Waals surface area contributed by atoms with Crippen LogP contribution in [0.4, 0.5) is 17.6 Å². The van der Waals surface area contributed by atoms with Gasteiger partial charge in [-0.1, -0.05) is 0 Å². The van der Waals surface area contributed by atoms with Crippen LogP contribution in [-0.4, -0.2) is 77.7 Å². The Bertz CT molecular complexity index is 1470. The number of aromatic nitrogens is 8. The van der Waals surface area contributed by atoms with Crippen LogP contribution in [0.2, 0.25) is 0 Å². The molecule has 0 fully saturated rings. The maximum atomic E-state index is 14.1. The second-order valence-corrected chi connectivity index (χ2v) is 13.4. The summed E-state index contributed by atoms with van der Waals surface area (Å²) in [5, 5.41) is 12.1. The van der Waals surface area contributed by atoms with Crippen molar-refractivity contribution >= 4 is 26.3 Å². The van der Waals surface area contributed by atoms with E-state index in [1.807, 2.05) is 14.1 Å². The number of hydrogen-bond acceptors (Lipinski definition) is 10. The summed E-state index contributed by atoms with van der Waals surface area (Å²) in [6.45, 7) is 10.3. The van der Waals surface area contributed by atoms with Crippen LogP contribution in [0.3, 0.4) is 0 Å². The molecule has 18 heteroatoms. The molecule has 0 aliphatic rings. The molecule has 0 aliphatic carbocycles. The lowest BCUT2D eigenvalue weighted by molar-refractivity contribution is -0.144. The van der Waals surface area contributed by atoms with Gasteiger partial charge in [0, 0.05) is 18.3 Å². The lowest BCUT2D eigenvalue weighted by atomic mass is 10.2. The van der Waals surface area contributed by atoms with Crippen LogP contribution in [0, 0.1) is 5.82 Å². The summed E-state index contributed by atoms with van der Waals surface area (Å²) in [6.07, 6.45) is -0.144. The molecule has 0 aliphatic heterocycles. The predicted molar refractivity (Wildman–Crippen MR) is 147 cm³/mol. The summed E-state index contributed by atoms with van der Waals surface area (Å²) in [5.74, 6) is -2.41. The van der Waals surface area contributed by atoms with Crippen molar-refractivity contribution in [1.29, 1.82) is 0 Å². The molecule has 1 atom stereocenters. The van der Waals surface area contributed by atoms with Crippen molar-refractivity contribution in [3.63, 3.8) is 0 Å². The van der Waals surface area contributed by atoms with E-state index in [0.717, 1.165) is 17.1 Å². The minimum Gasteiger partial charge on any atom is -0.391 e. The van der Waals surface area contributed by atoms with Crippen LogP contribution < -0.4 is 0 Å². The van der Waals surface area contributed by atoms with Gasteiger partial charge in [0.15, 0.2) is 20.0 Å². The smallest absolute Gasteiger partial charge is 0.391 e. The maximum Gasteiger partial charge on any atom is 0.453 e. The van der Waals surface area contributed by atoms with E-state index >= 15 is 0 Å². The number of fused-ring (bicyclic) bond motifs is 1. The molecule has 0 radical (unpaired) electrons. The van der Waals surface area contributed by atoms with Crippen LogP contribution in [0.5, 0.6) is 0 Å². The Balaban J connectivity index is 0.000000850. The van der Waals surface area contributed by atoms with Gasteiger partial charge in [0.1, 0.15) is 29.7 Å². The van der Waals surface area contributed by atoms with E-state index in [2.05, 4.69) is 25.0 Å². The van der Waals surface area contributed by atoms with E-state index in [1.165, 1.54) is 22.9 Å². The van der Waals surface area contributed by atoms with Crippen molar-refractivity contribution in [2.45, 2.75) is 65.2 Å². The highest BCUT2D eigenvalue weighted by Crippen LogP contribution is 2.41. The number of rotatable bonds is 7. The number of alkyl halides is 3. The number of imidazole rings is 2. The van der Waals surface area contributed by atoms with Crippen LogP contribution >= 0.6 is 20.5 Å². The molecule has 1 unspecified atom stereocenters. The fourth-order valence-electron chi connectivity index (χ4n) is 3.17. The van der Waals surface area contributed by atoms with E-state index < -0.39 is 43.7 Å².